The van der Waals surface area contributed by atoms with Gasteiger partial charge in [-0.25, -0.2) is 0 Å². The molecule has 0 bridgehead atoms. The maximum absolute atomic E-state index is 12.5. The fraction of sp³-hybridized carbons (Fsp3) is 0.333. The summed E-state index contributed by atoms with van der Waals surface area (Å²) in [6, 6.07) is 3.71. The summed E-state index contributed by atoms with van der Waals surface area (Å²) in [5.74, 6) is 0. The van der Waals surface area contributed by atoms with Gasteiger partial charge in [0.2, 0.25) is 0 Å². The Bertz CT molecular complexity index is 322. The van der Waals surface area contributed by atoms with E-state index < -0.39 is 11.7 Å². The fourth-order valence-electron chi connectivity index (χ4n) is 1.19. The van der Waals surface area contributed by atoms with Crippen molar-refractivity contribution in [3.8, 4) is 0 Å². The molecule has 0 unspecified atom stereocenters. The zero-order valence-electron chi connectivity index (χ0n) is 7.24. The predicted molar refractivity (Wildman–Crippen MR) is 49.2 cm³/mol. The van der Waals surface area contributed by atoms with Gasteiger partial charge in [-0.2, -0.15) is 13.2 Å². The largest absolute Gasteiger partial charge is 0.416 e. The quantitative estimate of drug-likeness (QED) is 0.820. The Kier molecular flexibility index (Phi) is 3.39. The van der Waals surface area contributed by atoms with Gasteiger partial charge in [0.1, 0.15) is 0 Å². The molecule has 5 heteroatoms. The van der Waals surface area contributed by atoms with Gasteiger partial charge in [0, 0.05) is 5.02 Å². The molecular formula is C9H9ClF3N. The van der Waals surface area contributed by atoms with Crippen LogP contribution >= 0.6 is 11.6 Å². The van der Waals surface area contributed by atoms with Crippen molar-refractivity contribution in [2.75, 3.05) is 6.54 Å². The Balaban J connectivity index is 3.16. The molecule has 0 saturated heterocycles. The maximum Gasteiger partial charge on any atom is 0.416 e. The van der Waals surface area contributed by atoms with Gasteiger partial charge in [-0.1, -0.05) is 17.7 Å². The lowest BCUT2D eigenvalue weighted by Crippen LogP contribution is -2.12. The Hall–Kier alpha value is -0.740. The Morgan fingerprint density at radius 3 is 2.43 bits per heavy atom. The van der Waals surface area contributed by atoms with Gasteiger partial charge in [0.25, 0.3) is 0 Å². The predicted octanol–water partition coefficient (Wildman–Crippen LogP) is 2.86. The summed E-state index contributed by atoms with van der Waals surface area (Å²) in [6.07, 6.45) is -4.17. The van der Waals surface area contributed by atoms with E-state index in [1.165, 1.54) is 12.1 Å². The van der Waals surface area contributed by atoms with Crippen molar-refractivity contribution >= 4 is 11.6 Å². The van der Waals surface area contributed by atoms with E-state index in [0.29, 0.717) is 0 Å². The van der Waals surface area contributed by atoms with Crippen LogP contribution in [0.3, 0.4) is 0 Å². The lowest BCUT2D eigenvalue weighted by molar-refractivity contribution is -0.138. The normalized spacial score (nSPS) is 11.8. The molecule has 0 spiro atoms. The van der Waals surface area contributed by atoms with E-state index >= 15 is 0 Å². The van der Waals surface area contributed by atoms with E-state index in [1.807, 2.05) is 0 Å². The average molecular weight is 224 g/mol. The minimum Gasteiger partial charge on any atom is -0.330 e. The molecule has 1 aromatic rings. The molecule has 0 saturated carbocycles. The molecule has 1 nitrogen and oxygen atoms in total. The topological polar surface area (TPSA) is 26.0 Å². The van der Waals surface area contributed by atoms with Crippen LogP contribution in [0.2, 0.25) is 5.02 Å². The van der Waals surface area contributed by atoms with Gasteiger partial charge in [-0.15, -0.1) is 0 Å². The van der Waals surface area contributed by atoms with Crippen LogP contribution in [0.4, 0.5) is 13.2 Å². The van der Waals surface area contributed by atoms with Gasteiger partial charge in [-0.05, 0) is 30.7 Å². The third kappa shape index (κ3) is 2.62. The van der Waals surface area contributed by atoms with E-state index in [9.17, 15) is 13.2 Å². The summed E-state index contributed by atoms with van der Waals surface area (Å²) < 4.78 is 37.4. The maximum atomic E-state index is 12.5. The summed E-state index contributed by atoms with van der Waals surface area (Å²) >= 11 is 5.49. The molecule has 78 valence electrons. The molecule has 0 amide bonds. The number of rotatable bonds is 2. The molecule has 0 aliphatic rings. The van der Waals surface area contributed by atoms with E-state index in [-0.39, 0.29) is 23.6 Å². The van der Waals surface area contributed by atoms with E-state index in [2.05, 4.69) is 0 Å². The highest BCUT2D eigenvalue weighted by atomic mass is 35.5. The van der Waals surface area contributed by atoms with Crippen molar-refractivity contribution < 1.29 is 13.2 Å². The van der Waals surface area contributed by atoms with Gasteiger partial charge < -0.3 is 5.73 Å². The zero-order chi connectivity index (χ0) is 10.8. The molecule has 0 aromatic heterocycles. The summed E-state index contributed by atoms with van der Waals surface area (Å²) in [5, 5.41) is 0.0816. The van der Waals surface area contributed by atoms with Gasteiger partial charge >= 0.3 is 6.18 Å². The first kappa shape index (κ1) is 11.3. The van der Waals surface area contributed by atoms with Gasteiger partial charge in [-0.3, -0.25) is 0 Å². The van der Waals surface area contributed by atoms with E-state index in [4.69, 9.17) is 17.3 Å². The number of hydrogen-bond donors (Lipinski definition) is 1. The van der Waals surface area contributed by atoms with Crippen molar-refractivity contribution in [3.63, 3.8) is 0 Å². The first-order valence-corrected chi connectivity index (χ1v) is 4.38. The molecule has 1 aromatic carbocycles. The first-order chi connectivity index (χ1) is 6.45. The van der Waals surface area contributed by atoms with Gasteiger partial charge in [0.05, 0.1) is 5.56 Å². The van der Waals surface area contributed by atoms with Crippen LogP contribution in [0.5, 0.6) is 0 Å². The minimum atomic E-state index is -4.37. The van der Waals surface area contributed by atoms with E-state index in [1.54, 1.807) is 0 Å². The highest BCUT2D eigenvalue weighted by Gasteiger charge is 2.33. The fourth-order valence-corrected chi connectivity index (χ4v) is 1.36. The van der Waals surface area contributed by atoms with Crippen LogP contribution in [0.15, 0.2) is 18.2 Å². The smallest absolute Gasteiger partial charge is 0.330 e. The second-order valence-electron chi connectivity index (χ2n) is 2.84. The number of halogens is 4. The first-order valence-electron chi connectivity index (χ1n) is 4.01. The molecule has 2 N–H and O–H groups in total. The summed E-state index contributed by atoms with van der Waals surface area (Å²) in [7, 11) is 0. The molecule has 0 heterocycles. The van der Waals surface area contributed by atoms with Gasteiger partial charge in [0.15, 0.2) is 0 Å². The molecule has 0 aliphatic heterocycles. The second-order valence-corrected chi connectivity index (χ2v) is 3.27. The van der Waals surface area contributed by atoms with Crippen molar-refractivity contribution in [1.29, 1.82) is 0 Å². The molecule has 1 rings (SSSR count). The minimum absolute atomic E-state index is 0.0816. The highest BCUT2D eigenvalue weighted by molar-refractivity contribution is 6.30. The lowest BCUT2D eigenvalue weighted by atomic mass is 10.0. The highest BCUT2D eigenvalue weighted by Crippen LogP contribution is 2.33. The zero-order valence-corrected chi connectivity index (χ0v) is 7.99. The Morgan fingerprint density at radius 2 is 1.93 bits per heavy atom. The lowest BCUT2D eigenvalue weighted by Gasteiger charge is -2.12. The van der Waals surface area contributed by atoms with Crippen molar-refractivity contribution in [2.45, 2.75) is 12.6 Å². The Morgan fingerprint density at radius 1 is 1.29 bits per heavy atom. The van der Waals surface area contributed by atoms with Crippen molar-refractivity contribution in [3.05, 3.63) is 34.3 Å². The monoisotopic (exact) mass is 223 g/mol. The number of benzene rings is 1. The standard InChI is InChI=1S/C9H9ClF3N/c10-7-2-1-6(3-4-14)8(5-7)9(11,12)13/h1-2,5H,3-4,14H2. The summed E-state index contributed by atoms with van der Waals surface area (Å²) in [4.78, 5) is 0. The molecule has 0 atom stereocenters. The summed E-state index contributed by atoms with van der Waals surface area (Å²) in [5.41, 5.74) is 4.70. The molecule has 14 heavy (non-hydrogen) atoms. The van der Waals surface area contributed by atoms with Crippen LogP contribution in [-0.4, -0.2) is 6.54 Å². The third-order valence-corrected chi connectivity index (χ3v) is 2.03. The number of nitrogens with two attached hydrogens (primary N) is 1. The molecule has 0 aliphatic carbocycles. The number of alkyl halides is 3. The van der Waals surface area contributed by atoms with Crippen LogP contribution in [0.1, 0.15) is 11.1 Å². The van der Waals surface area contributed by atoms with Crippen molar-refractivity contribution in [2.24, 2.45) is 5.73 Å². The SMILES string of the molecule is NCCc1ccc(Cl)cc1C(F)(F)F. The van der Waals surface area contributed by atoms with Crippen LogP contribution in [0.25, 0.3) is 0 Å². The molecule has 0 fully saturated rings. The number of hydrogen-bond acceptors (Lipinski definition) is 1. The third-order valence-electron chi connectivity index (χ3n) is 1.79. The summed E-state index contributed by atoms with van der Waals surface area (Å²) in [6.45, 7) is 0.185. The molecule has 0 radical (unpaired) electrons. The van der Waals surface area contributed by atoms with Crippen LogP contribution in [-0.2, 0) is 12.6 Å². The Labute approximate surface area is 84.7 Å². The van der Waals surface area contributed by atoms with Crippen molar-refractivity contribution in [1.82, 2.24) is 0 Å². The average Bonchev–Trinajstić information content (AvgIpc) is 2.07. The van der Waals surface area contributed by atoms with E-state index in [0.717, 1.165) is 6.07 Å². The molecular weight excluding hydrogens is 215 g/mol. The van der Waals surface area contributed by atoms with Crippen LogP contribution in [0, 0.1) is 0 Å². The second kappa shape index (κ2) is 4.19. The van der Waals surface area contributed by atoms with Crippen LogP contribution < -0.4 is 5.73 Å².